The van der Waals surface area contributed by atoms with Gasteiger partial charge in [-0.2, -0.15) is 11.8 Å². The molecule has 0 aliphatic rings. The van der Waals surface area contributed by atoms with Gasteiger partial charge in [0.15, 0.2) is 5.96 Å². The van der Waals surface area contributed by atoms with Crippen molar-refractivity contribution in [3.8, 4) is 0 Å². The maximum absolute atomic E-state index is 13.1. The fraction of sp³-hybridized carbons (Fsp3) is 0.714. The topological polar surface area (TPSA) is 198 Å². The minimum atomic E-state index is -0.996. The van der Waals surface area contributed by atoms with Crippen LogP contribution in [0.2, 0.25) is 0 Å². The number of hydrogen-bond acceptors (Lipinski definition) is 7. The monoisotopic (exact) mass is 501 g/mol. The Hall–Kier alpha value is -2.83. The number of hydrogen-bond donors (Lipinski definition) is 6. The smallest absolute Gasteiger partial charge is 0.243 e. The zero-order valence-electron chi connectivity index (χ0n) is 20.6. The van der Waals surface area contributed by atoms with Crippen LogP contribution in [0, 0.1) is 5.92 Å². The van der Waals surface area contributed by atoms with Gasteiger partial charge in [-0.15, -0.1) is 0 Å². The molecule has 4 atom stereocenters. The summed E-state index contributed by atoms with van der Waals surface area (Å²) in [5.41, 5.74) is 10.7. The van der Waals surface area contributed by atoms with E-state index in [1.807, 2.05) is 6.26 Å². The predicted molar refractivity (Wildman–Crippen MR) is 133 cm³/mol. The van der Waals surface area contributed by atoms with E-state index in [0.717, 1.165) is 0 Å². The van der Waals surface area contributed by atoms with Gasteiger partial charge in [0.25, 0.3) is 0 Å². The fourth-order valence-electron chi connectivity index (χ4n) is 2.92. The van der Waals surface area contributed by atoms with Crippen LogP contribution in [0.25, 0.3) is 0 Å². The number of nitrogens with two attached hydrogens (primary N) is 2. The molecule has 0 aliphatic carbocycles. The minimum Gasteiger partial charge on any atom is -0.370 e. The van der Waals surface area contributed by atoms with Gasteiger partial charge in [-0.05, 0) is 44.1 Å². The molecule has 0 spiro atoms. The van der Waals surface area contributed by atoms with Gasteiger partial charge < -0.3 is 37.5 Å². The van der Waals surface area contributed by atoms with Crippen LogP contribution in [0.4, 0.5) is 0 Å². The van der Waals surface area contributed by atoms with E-state index in [1.54, 1.807) is 13.8 Å². The lowest BCUT2D eigenvalue weighted by Gasteiger charge is -2.26. The van der Waals surface area contributed by atoms with Gasteiger partial charge in [0.05, 0.1) is 6.04 Å². The first-order valence-corrected chi connectivity index (χ1v) is 12.5. The molecular weight excluding hydrogens is 462 g/mol. The van der Waals surface area contributed by atoms with E-state index in [4.69, 9.17) is 11.5 Å². The highest BCUT2D eigenvalue weighted by Gasteiger charge is 2.30. The van der Waals surface area contributed by atoms with Gasteiger partial charge in [-0.3, -0.25) is 24.2 Å². The molecule has 194 valence electrons. The largest absolute Gasteiger partial charge is 0.370 e. The first-order valence-electron chi connectivity index (χ1n) is 11.1. The number of thioether (sulfide) groups is 1. The zero-order chi connectivity index (χ0) is 26.3. The Labute approximate surface area is 205 Å². The SMILES string of the molecule is CSCCC(NC(=O)C(CCCN=C(N)N)NC(=O)C(NC(C)=O)C(C)C)C(=O)NC(C)C=O. The summed E-state index contributed by atoms with van der Waals surface area (Å²) in [7, 11) is 0. The Morgan fingerprint density at radius 2 is 1.47 bits per heavy atom. The Morgan fingerprint density at radius 3 is 1.97 bits per heavy atom. The van der Waals surface area contributed by atoms with E-state index in [2.05, 4.69) is 26.3 Å². The molecule has 8 N–H and O–H groups in total. The number of guanidine groups is 1. The lowest BCUT2D eigenvalue weighted by Crippen LogP contribution is -2.58. The summed E-state index contributed by atoms with van der Waals surface area (Å²) in [5.74, 6) is -1.68. The second-order valence-corrected chi connectivity index (χ2v) is 9.19. The molecule has 13 heteroatoms. The van der Waals surface area contributed by atoms with Gasteiger partial charge in [0, 0.05) is 13.5 Å². The van der Waals surface area contributed by atoms with E-state index in [1.165, 1.54) is 25.6 Å². The second kappa shape index (κ2) is 16.7. The summed E-state index contributed by atoms with van der Waals surface area (Å²) in [6.45, 7) is 6.61. The number of carbonyl (C=O) groups excluding carboxylic acids is 5. The molecule has 0 aliphatic heterocycles. The summed E-state index contributed by atoms with van der Waals surface area (Å²) in [6, 6.07) is -3.43. The molecule has 0 radical (unpaired) electrons. The fourth-order valence-corrected chi connectivity index (χ4v) is 3.40. The van der Waals surface area contributed by atoms with Crippen LogP contribution >= 0.6 is 11.8 Å². The Morgan fingerprint density at radius 1 is 0.912 bits per heavy atom. The molecule has 0 bridgehead atoms. The average molecular weight is 502 g/mol. The normalized spacial score (nSPS) is 14.2. The number of amides is 4. The summed E-state index contributed by atoms with van der Waals surface area (Å²) in [4.78, 5) is 64.8. The van der Waals surface area contributed by atoms with Crippen LogP contribution in [0.3, 0.4) is 0 Å². The Kier molecular flexibility index (Phi) is 15.3. The standard InChI is InChI=1S/C21H39N7O5S/c1-12(2)17(26-14(4)30)20(33)28-15(7-6-9-24-21(22)23)19(32)27-16(8-10-34-5)18(31)25-13(3)11-29/h11-13,15-17H,6-10H2,1-5H3,(H,25,31)(H,26,30)(H,27,32)(H,28,33)(H4,22,23,24). The predicted octanol–water partition coefficient (Wildman–Crippen LogP) is -1.37. The van der Waals surface area contributed by atoms with Crippen molar-refractivity contribution in [3.05, 3.63) is 0 Å². The lowest BCUT2D eigenvalue weighted by molar-refractivity contribution is -0.134. The van der Waals surface area contributed by atoms with Crippen molar-refractivity contribution < 1.29 is 24.0 Å². The zero-order valence-corrected chi connectivity index (χ0v) is 21.4. The molecule has 0 saturated carbocycles. The van der Waals surface area contributed by atoms with Crippen molar-refractivity contribution in [2.24, 2.45) is 22.4 Å². The van der Waals surface area contributed by atoms with Crippen LogP contribution in [-0.4, -0.2) is 78.6 Å². The third-order valence-corrected chi connectivity index (χ3v) is 5.35. The van der Waals surface area contributed by atoms with Crippen molar-refractivity contribution in [2.45, 2.75) is 71.1 Å². The number of aldehydes is 1. The van der Waals surface area contributed by atoms with Crippen LogP contribution < -0.4 is 32.7 Å². The third kappa shape index (κ3) is 13.0. The average Bonchev–Trinajstić information content (AvgIpc) is 2.75. The summed E-state index contributed by atoms with van der Waals surface area (Å²) in [5, 5.41) is 10.5. The van der Waals surface area contributed by atoms with Crippen molar-refractivity contribution in [2.75, 3.05) is 18.6 Å². The van der Waals surface area contributed by atoms with Crippen molar-refractivity contribution in [3.63, 3.8) is 0 Å². The highest BCUT2D eigenvalue weighted by atomic mass is 32.2. The van der Waals surface area contributed by atoms with E-state index in [-0.39, 0.29) is 30.8 Å². The van der Waals surface area contributed by atoms with Gasteiger partial charge in [-0.25, -0.2) is 0 Å². The molecule has 0 heterocycles. The summed E-state index contributed by atoms with van der Waals surface area (Å²) >= 11 is 1.50. The minimum absolute atomic E-state index is 0.0892. The van der Waals surface area contributed by atoms with E-state index < -0.39 is 41.9 Å². The molecule has 0 fully saturated rings. The van der Waals surface area contributed by atoms with Crippen LogP contribution in [0.15, 0.2) is 4.99 Å². The number of carbonyl (C=O) groups is 5. The summed E-state index contributed by atoms with van der Waals surface area (Å²) < 4.78 is 0. The first-order chi connectivity index (χ1) is 15.9. The first kappa shape index (κ1) is 31.2. The maximum Gasteiger partial charge on any atom is 0.243 e. The molecule has 4 amide bonds. The molecule has 0 aromatic rings. The molecule has 0 rings (SSSR count). The number of nitrogens with zero attached hydrogens (tertiary/aromatic N) is 1. The highest BCUT2D eigenvalue weighted by molar-refractivity contribution is 7.98. The molecular formula is C21H39N7O5S. The third-order valence-electron chi connectivity index (χ3n) is 4.70. The van der Waals surface area contributed by atoms with E-state index in [0.29, 0.717) is 24.9 Å². The lowest BCUT2D eigenvalue weighted by atomic mass is 10.0. The Balaban J connectivity index is 5.59. The summed E-state index contributed by atoms with van der Waals surface area (Å²) in [6.07, 6.45) is 3.37. The van der Waals surface area contributed by atoms with Crippen molar-refractivity contribution >= 4 is 47.6 Å². The van der Waals surface area contributed by atoms with Gasteiger partial charge in [-0.1, -0.05) is 13.8 Å². The van der Waals surface area contributed by atoms with Crippen LogP contribution in [0.1, 0.15) is 47.0 Å². The van der Waals surface area contributed by atoms with Crippen LogP contribution in [-0.2, 0) is 24.0 Å². The molecule has 12 nitrogen and oxygen atoms in total. The van der Waals surface area contributed by atoms with Crippen molar-refractivity contribution in [1.82, 2.24) is 21.3 Å². The Bertz CT molecular complexity index is 728. The van der Waals surface area contributed by atoms with Crippen molar-refractivity contribution in [1.29, 1.82) is 0 Å². The molecule has 0 aromatic heterocycles. The maximum atomic E-state index is 13.1. The quantitative estimate of drug-likeness (QED) is 0.0644. The van der Waals surface area contributed by atoms with Gasteiger partial charge >= 0.3 is 0 Å². The number of aliphatic imine (C=N–C) groups is 1. The van der Waals surface area contributed by atoms with Gasteiger partial charge in [0.2, 0.25) is 23.6 Å². The number of nitrogens with one attached hydrogen (secondary N) is 4. The molecule has 34 heavy (non-hydrogen) atoms. The van der Waals surface area contributed by atoms with E-state index in [9.17, 15) is 24.0 Å². The highest BCUT2D eigenvalue weighted by Crippen LogP contribution is 2.07. The molecule has 4 unspecified atom stereocenters. The number of rotatable bonds is 16. The van der Waals surface area contributed by atoms with E-state index >= 15 is 0 Å². The van der Waals surface area contributed by atoms with Gasteiger partial charge in [0.1, 0.15) is 24.4 Å². The second-order valence-electron chi connectivity index (χ2n) is 8.21. The molecule has 0 aromatic carbocycles. The molecule has 0 saturated heterocycles. The van der Waals surface area contributed by atoms with Crippen LogP contribution in [0.5, 0.6) is 0 Å².